The van der Waals surface area contributed by atoms with Crippen molar-refractivity contribution < 1.29 is 19.7 Å². The predicted molar refractivity (Wildman–Crippen MR) is 59.2 cm³/mol. The summed E-state index contributed by atoms with van der Waals surface area (Å²) in [7, 11) is 0. The van der Waals surface area contributed by atoms with Gasteiger partial charge in [-0.2, -0.15) is 4.89 Å². The van der Waals surface area contributed by atoms with Crippen LogP contribution in [0, 0.1) is 0 Å². The third-order valence-electron chi connectivity index (χ3n) is 1.70. The molecule has 0 atom stereocenters. The topological polar surface area (TPSA) is 55.8 Å². The molecule has 4 heteroatoms. The van der Waals surface area contributed by atoms with Gasteiger partial charge in [0.25, 0.3) is 0 Å². The van der Waals surface area contributed by atoms with Gasteiger partial charge in [0.2, 0.25) is 0 Å². The largest absolute Gasteiger partial charge is 0.481 e. The van der Waals surface area contributed by atoms with E-state index in [4.69, 9.17) is 14.9 Å². The Kier molecular flexibility index (Phi) is 3.90. The molecule has 1 aromatic rings. The van der Waals surface area contributed by atoms with Crippen molar-refractivity contribution in [2.75, 3.05) is 0 Å². The maximum atomic E-state index is 10.6. The van der Waals surface area contributed by atoms with Gasteiger partial charge in [-0.25, -0.2) is 0 Å². The van der Waals surface area contributed by atoms with Crippen LogP contribution in [-0.4, -0.2) is 16.7 Å². The number of aliphatic carboxylic acids is 1. The van der Waals surface area contributed by atoms with E-state index in [1.807, 2.05) is 20.8 Å². The Bertz CT molecular complexity index is 366. The van der Waals surface area contributed by atoms with Crippen LogP contribution in [0.5, 0.6) is 5.75 Å². The SMILES string of the molecule is CC(C)(C)OOc1ccccc1CC(=O)O. The number of rotatable bonds is 4. The quantitative estimate of drug-likeness (QED) is 0.630. The Morgan fingerprint density at radius 3 is 2.50 bits per heavy atom. The second-order valence-electron chi connectivity index (χ2n) is 4.46. The summed E-state index contributed by atoms with van der Waals surface area (Å²) in [6.07, 6.45) is -0.0797. The molecule has 0 spiro atoms. The Balaban J connectivity index is 2.75. The van der Waals surface area contributed by atoms with Gasteiger partial charge in [-0.1, -0.05) is 18.2 Å². The van der Waals surface area contributed by atoms with Crippen LogP contribution in [0.25, 0.3) is 0 Å². The summed E-state index contributed by atoms with van der Waals surface area (Å²) in [6, 6.07) is 6.93. The molecule has 0 radical (unpaired) electrons. The molecule has 0 aliphatic carbocycles. The van der Waals surface area contributed by atoms with Crippen molar-refractivity contribution in [3.8, 4) is 5.75 Å². The third-order valence-corrected chi connectivity index (χ3v) is 1.70. The molecule has 16 heavy (non-hydrogen) atoms. The fourth-order valence-corrected chi connectivity index (χ4v) is 1.06. The highest BCUT2D eigenvalue weighted by Crippen LogP contribution is 2.21. The summed E-state index contributed by atoms with van der Waals surface area (Å²) in [5.74, 6) is -0.452. The second-order valence-corrected chi connectivity index (χ2v) is 4.46. The second kappa shape index (κ2) is 4.99. The predicted octanol–water partition coefficient (Wildman–Crippen LogP) is 2.42. The molecule has 4 nitrogen and oxygen atoms in total. The maximum absolute atomic E-state index is 10.6. The lowest BCUT2D eigenvalue weighted by atomic mass is 10.1. The highest BCUT2D eigenvalue weighted by atomic mass is 17.2. The Morgan fingerprint density at radius 1 is 1.31 bits per heavy atom. The summed E-state index contributed by atoms with van der Waals surface area (Å²) in [5, 5.41) is 8.72. The number of carboxylic acids is 1. The molecular formula is C12H16O4. The van der Waals surface area contributed by atoms with Gasteiger partial charge in [-0.3, -0.25) is 4.79 Å². The molecule has 0 aliphatic rings. The minimum atomic E-state index is -0.896. The molecule has 0 amide bonds. The fourth-order valence-electron chi connectivity index (χ4n) is 1.06. The molecule has 0 saturated heterocycles. The van der Waals surface area contributed by atoms with Crippen molar-refractivity contribution in [2.24, 2.45) is 0 Å². The molecule has 0 unspecified atom stereocenters. The standard InChI is InChI=1S/C12H16O4/c1-12(2,3)16-15-10-7-5-4-6-9(10)8-11(13)14/h4-7H,8H2,1-3H3,(H,13,14). The number of benzene rings is 1. The number of carbonyl (C=O) groups is 1. The molecule has 1 N–H and O–H groups in total. The lowest BCUT2D eigenvalue weighted by Crippen LogP contribution is -2.21. The van der Waals surface area contributed by atoms with Crippen LogP contribution in [0.1, 0.15) is 26.3 Å². The molecule has 88 valence electrons. The summed E-state index contributed by atoms with van der Waals surface area (Å²) in [4.78, 5) is 20.9. The summed E-state index contributed by atoms with van der Waals surface area (Å²) in [5.41, 5.74) is 0.162. The zero-order chi connectivity index (χ0) is 12.2. The van der Waals surface area contributed by atoms with Gasteiger partial charge in [0.1, 0.15) is 5.60 Å². The third kappa shape index (κ3) is 4.31. The summed E-state index contributed by atoms with van der Waals surface area (Å²) in [6.45, 7) is 5.56. The van der Waals surface area contributed by atoms with E-state index in [-0.39, 0.29) is 6.42 Å². The van der Waals surface area contributed by atoms with Crippen molar-refractivity contribution >= 4 is 5.97 Å². The Morgan fingerprint density at radius 2 is 1.94 bits per heavy atom. The van der Waals surface area contributed by atoms with Crippen molar-refractivity contribution in [1.29, 1.82) is 0 Å². The normalized spacial score (nSPS) is 11.2. The summed E-state index contributed by atoms with van der Waals surface area (Å²) >= 11 is 0. The Hall–Kier alpha value is -1.55. The van der Waals surface area contributed by atoms with Crippen LogP contribution in [0.15, 0.2) is 24.3 Å². The van der Waals surface area contributed by atoms with Gasteiger partial charge in [-0.05, 0) is 26.8 Å². The number of hydrogen-bond donors (Lipinski definition) is 1. The van der Waals surface area contributed by atoms with E-state index in [1.54, 1.807) is 24.3 Å². The van der Waals surface area contributed by atoms with Crippen LogP contribution in [0.4, 0.5) is 0 Å². The Labute approximate surface area is 94.7 Å². The first kappa shape index (κ1) is 12.5. The van der Waals surface area contributed by atoms with Crippen LogP contribution in [0.2, 0.25) is 0 Å². The van der Waals surface area contributed by atoms with Crippen molar-refractivity contribution in [1.82, 2.24) is 0 Å². The molecule has 0 heterocycles. The lowest BCUT2D eigenvalue weighted by Gasteiger charge is -2.18. The van der Waals surface area contributed by atoms with Crippen LogP contribution in [-0.2, 0) is 16.1 Å². The summed E-state index contributed by atoms with van der Waals surface area (Å²) < 4.78 is 0. The van der Waals surface area contributed by atoms with E-state index >= 15 is 0 Å². The number of para-hydroxylation sites is 1. The molecule has 0 bridgehead atoms. The zero-order valence-electron chi connectivity index (χ0n) is 9.69. The van der Waals surface area contributed by atoms with Gasteiger partial charge in [0, 0.05) is 5.56 Å². The van der Waals surface area contributed by atoms with Gasteiger partial charge in [0.05, 0.1) is 6.42 Å². The average Bonchev–Trinajstić information content (AvgIpc) is 2.14. The van der Waals surface area contributed by atoms with Crippen molar-refractivity contribution in [3.63, 3.8) is 0 Å². The minimum Gasteiger partial charge on any atom is -0.481 e. The molecule has 0 saturated carbocycles. The average molecular weight is 224 g/mol. The number of carboxylic acid groups (broad SMARTS) is 1. The molecule has 0 aliphatic heterocycles. The van der Waals surface area contributed by atoms with Crippen molar-refractivity contribution in [2.45, 2.75) is 32.8 Å². The first-order valence-corrected chi connectivity index (χ1v) is 5.04. The van der Waals surface area contributed by atoms with E-state index in [9.17, 15) is 4.79 Å². The molecular weight excluding hydrogens is 208 g/mol. The fraction of sp³-hybridized carbons (Fsp3) is 0.417. The molecule has 1 rings (SSSR count). The number of hydrogen-bond acceptors (Lipinski definition) is 3. The van der Waals surface area contributed by atoms with E-state index < -0.39 is 11.6 Å². The monoisotopic (exact) mass is 224 g/mol. The van der Waals surface area contributed by atoms with Gasteiger partial charge in [0.15, 0.2) is 5.75 Å². The van der Waals surface area contributed by atoms with E-state index in [1.165, 1.54) is 0 Å². The first-order chi connectivity index (χ1) is 7.38. The highest BCUT2D eigenvalue weighted by molar-refractivity contribution is 5.71. The van der Waals surface area contributed by atoms with Crippen LogP contribution < -0.4 is 4.89 Å². The van der Waals surface area contributed by atoms with E-state index in [2.05, 4.69) is 0 Å². The maximum Gasteiger partial charge on any atom is 0.307 e. The van der Waals surface area contributed by atoms with E-state index in [0.717, 1.165) is 0 Å². The first-order valence-electron chi connectivity index (χ1n) is 5.04. The van der Waals surface area contributed by atoms with Gasteiger partial charge in [-0.15, -0.1) is 0 Å². The zero-order valence-corrected chi connectivity index (χ0v) is 9.69. The lowest BCUT2D eigenvalue weighted by molar-refractivity contribution is -0.275. The van der Waals surface area contributed by atoms with Crippen LogP contribution >= 0.6 is 0 Å². The van der Waals surface area contributed by atoms with E-state index in [0.29, 0.717) is 11.3 Å². The van der Waals surface area contributed by atoms with Gasteiger partial charge >= 0.3 is 5.97 Å². The minimum absolute atomic E-state index is 0.0797. The smallest absolute Gasteiger partial charge is 0.307 e. The van der Waals surface area contributed by atoms with Crippen LogP contribution in [0.3, 0.4) is 0 Å². The van der Waals surface area contributed by atoms with Crippen molar-refractivity contribution in [3.05, 3.63) is 29.8 Å². The molecule has 1 aromatic carbocycles. The highest BCUT2D eigenvalue weighted by Gasteiger charge is 2.14. The molecule has 0 aromatic heterocycles. The van der Waals surface area contributed by atoms with Gasteiger partial charge < -0.3 is 9.99 Å². The molecule has 0 fully saturated rings.